The molecule has 0 aliphatic carbocycles. The van der Waals surface area contributed by atoms with Crippen molar-refractivity contribution >= 4 is 24.9 Å². The highest BCUT2D eigenvalue weighted by molar-refractivity contribution is 6.58. The number of benzene rings is 2. The van der Waals surface area contributed by atoms with E-state index in [2.05, 4.69) is 4.98 Å². The monoisotopic (exact) mass is 656 g/mol. The lowest BCUT2D eigenvalue weighted by molar-refractivity contribution is -0.193. The Morgan fingerprint density at radius 2 is 1.26 bits per heavy atom. The number of pyridine rings is 2. The van der Waals surface area contributed by atoms with Gasteiger partial charge in [-0.2, -0.15) is 19.2 Å². The van der Waals surface area contributed by atoms with Gasteiger partial charge in [-0.05, 0) is 79.7 Å². The third-order valence-electron chi connectivity index (χ3n) is 6.45. The Morgan fingerprint density at radius 3 is 1.70 bits per heavy atom. The molecule has 0 amide bonds. The third-order valence-corrected chi connectivity index (χ3v) is 6.45. The van der Waals surface area contributed by atoms with Gasteiger partial charge in [-0.15, -0.1) is 0 Å². The van der Waals surface area contributed by atoms with Gasteiger partial charge in [0.05, 0.1) is 13.2 Å². The Kier molecular flexibility index (Phi) is 19.9. The molecule has 5 N–H and O–H groups in total. The zero-order valence-electron chi connectivity index (χ0n) is 26.1. The van der Waals surface area contributed by atoms with E-state index in [4.69, 9.17) is 39.4 Å². The zero-order valence-corrected chi connectivity index (χ0v) is 26.1. The number of rotatable bonds is 6. The number of hydrogen-bond acceptors (Lipinski definition) is 10. The smallest absolute Gasteiger partial charge is 0.423 e. The SMILES string of the molecule is CCc1c(C)cc[nH]c1=O.CCc1c(C)ccn(-c2ccc(F)c(CO)c2)c1=O.O=C=O.O=C=O.OCc1cc(B(O)O)ccc1F. The Labute approximate surface area is 268 Å². The lowest BCUT2D eigenvalue weighted by Gasteiger charge is -2.11. The molecule has 2 aromatic heterocycles. The molecule has 0 aliphatic heterocycles. The molecule has 4 rings (SSSR count). The number of nitrogens with one attached hydrogen (secondary N) is 1. The summed E-state index contributed by atoms with van der Waals surface area (Å²) in [5, 5.41) is 35.1. The highest BCUT2D eigenvalue weighted by Crippen LogP contribution is 2.14. The van der Waals surface area contributed by atoms with Crippen LogP contribution in [0.3, 0.4) is 0 Å². The maximum absolute atomic E-state index is 13.3. The summed E-state index contributed by atoms with van der Waals surface area (Å²) < 4.78 is 27.5. The molecule has 0 spiro atoms. The first kappa shape index (κ1) is 41.9. The summed E-state index contributed by atoms with van der Waals surface area (Å²) in [5.41, 5.74) is 4.58. The van der Waals surface area contributed by atoms with Crippen molar-refractivity contribution in [2.24, 2.45) is 0 Å². The van der Waals surface area contributed by atoms with Crippen LogP contribution in [0, 0.1) is 25.5 Å². The largest absolute Gasteiger partial charge is 0.488 e. The van der Waals surface area contributed by atoms with Gasteiger partial charge in [-0.1, -0.05) is 26.0 Å². The maximum atomic E-state index is 13.3. The molecule has 0 saturated heterocycles. The van der Waals surface area contributed by atoms with Crippen molar-refractivity contribution in [1.82, 2.24) is 9.55 Å². The molecule has 2 aromatic carbocycles. The van der Waals surface area contributed by atoms with E-state index >= 15 is 0 Å². The van der Waals surface area contributed by atoms with Gasteiger partial charge >= 0.3 is 19.4 Å². The van der Waals surface area contributed by atoms with Crippen molar-refractivity contribution in [2.75, 3.05) is 0 Å². The van der Waals surface area contributed by atoms with E-state index in [1.165, 1.54) is 34.9 Å². The fourth-order valence-electron chi connectivity index (χ4n) is 4.06. The minimum absolute atomic E-state index is 0.0440. The van der Waals surface area contributed by atoms with E-state index in [9.17, 15) is 18.4 Å². The average Bonchev–Trinajstić information content (AvgIpc) is 3.03. The van der Waals surface area contributed by atoms with E-state index < -0.39 is 25.4 Å². The summed E-state index contributed by atoms with van der Waals surface area (Å²) in [6, 6.07) is 11.6. The van der Waals surface area contributed by atoms with Gasteiger partial charge in [0.15, 0.2) is 0 Å². The lowest BCUT2D eigenvalue weighted by atomic mass is 9.79. The Hall–Kier alpha value is -5.14. The number of aliphatic hydroxyl groups is 2. The number of aryl methyl sites for hydroxylation is 2. The summed E-state index contributed by atoms with van der Waals surface area (Å²) in [6.07, 6.45) is 5.31. The van der Waals surface area contributed by atoms with E-state index in [0.717, 1.165) is 34.7 Å². The molecule has 12 nitrogen and oxygen atoms in total. The van der Waals surface area contributed by atoms with E-state index in [1.54, 1.807) is 12.4 Å². The summed E-state index contributed by atoms with van der Waals surface area (Å²) in [7, 11) is -1.63. The Morgan fingerprint density at radius 1 is 0.766 bits per heavy atom. The second kappa shape index (κ2) is 22.4. The fourth-order valence-corrected chi connectivity index (χ4v) is 4.06. The topological polar surface area (TPSA) is 204 Å². The van der Waals surface area contributed by atoms with Gasteiger partial charge in [-0.3, -0.25) is 14.2 Å². The molecular formula is C32H35BF2N2O10. The first-order valence-electron chi connectivity index (χ1n) is 13.8. The van der Waals surface area contributed by atoms with Crippen molar-refractivity contribution in [1.29, 1.82) is 0 Å². The number of H-pyrrole nitrogens is 1. The standard InChI is InChI=1S/C15H16FNO2.C8H11NO.C7H8BFO3.2CO2/c1-3-13-10(2)6-7-17(15(13)19)12-4-5-14(16)11(8-12)9-18;1-3-7-6(2)4-5-9-8(7)10;9-7-2-1-6(8(11)12)3-5(7)4-10;2*2-1-3/h4-8,18H,3,9H2,1-2H3;4-5H,3H2,1-2H3,(H,9,10);1-3,10-12H,4H2;;. The van der Waals surface area contributed by atoms with Crippen LogP contribution in [-0.2, 0) is 45.2 Å². The lowest BCUT2D eigenvalue weighted by Crippen LogP contribution is -2.30. The molecule has 2 heterocycles. The molecule has 0 unspecified atom stereocenters. The van der Waals surface area contributed by atoms with Crippen molar-refractivity contribution in [3.63, 3.8) is 0 Å². The number of hydrogen-bond donors (Lipinski definition) is 5. The van der Waals surface area contributed by atoms with Crippen LogP contribution in [0.5, 0.6) is 0 Å². The van der Waals surface area contributed by atoms with Crippen molar-refractivity contribution < 1.29 is 48.2 Å². The van der Waals surface area contributed by atoms with Gasteiger partial charge in [-0.25, -0.2) is 8.78 Å². The van der Waals surface area contributed by atoms with Crippen LogP contribution in [0.4, 0.5) is 8.78 Å². The number of carbonyl (C=O) groups excluding carboxylic acids is 4. The first-order valence-corrected chi connectivity index (χ1v) is 13.8. The molecule has 0 bridgehead atoms. The summed E-state index contributed by atoms with van der Waals surface area (Å²) in [5.74, 6) is -1.02. The number of aromatic amines is 1. The van der Waals surface area contributed by atoms with Crippen LogP contribution in [0.25, 0.3) is 5.69 Å². The summed E-state index contributed by atoms with van der Waals surface area (Å²) >= 11 is 0. The first-order chi connectivity index (χ1) is 22.3. The van der Waals surface area contributed by atoms with Crippen LogP contribution >= 0.6 is 0 Å². The molecule has 0 atom stereocenters. The van der Waals surface area contributed by atoms with Crippen molar-refractivity contribution in [3.8, 4) is 5.69 Å². The molecular weight excluding hydrogens is 621 g/mol. The van der Waals surface area contributed by atoms with Crippen LogP contribution < -0.4 is 16.6 Å². The number of aliphatic hydroxyl groups excluding tert-OH is 2. The summed E-state index contributed by atoms with van der Waals surface area (Å²) in [6.45, 7) is 6.92. The molecule has 47 heavy (non-hydrogen) atoms. The third kappa shape index (κ3) is 13.4. The highest BCUT2D eigenvalue weighted by atomic mass is 19.1. The maximum Gasteiger partial charge on any atom is 0.488 e. The van der Waals surface area contributed by atoms with Crippen LogP contribution in [0.1, 0.15) is 47.2 Å². The molecule has 15 heteroatoms. The summed E-state index contributed by atoms with van der Waals surface area (Å²) in [4.78, 5) is 58.5. The molecule has 250 valence electrons. The highest BCUT2D eigenvalue weighted by Gasteiger charge is 2.13. The van der Waals surface area contributed by atoms with E-state index in [1.807, 2.05) is 39.8 Å². The predicted octanol–water partition coefficient (Wildman–Crippen LogP) is 1.42. The van der Waals surface area contributed by atoms with E-state index in [0.29, 0.717) is 12.1 Å². The van der Waals surface area contributed by atoms with Gasteiger partial charge in [0.25, 0.3) is 11.1 Å². The predicted molar refractivity (Wildman–Crippen MR) is 165 cm³/mol. The Balaban J connectivity index is 0.000000652. The molecule has 0 saturated carbocycles. The number of nitrogens with zero attached hydrogens (tertiary/aromatic N) is 1. The number of aromatic nitrogens is 2. The van der Waals surface area contributed by atoms with Crippen LogP contribution in [0.15, 0.2) is 70.5 Å². The van der Waals surface area contributed by atoms with Gasteiger partial charge in [0.2, 0.25) is 0 Å². The molecule has 0 aliphatic rings. The van der Waals surface area contributed by atoms with Crippen molar-refractivity contribution in [2.45, 2.75) is 53.8 Å². The second-order valence-electron chi connectivity index (χ2n) is 9.31. The Bertz CT molecular complexity index is 1750. The van der Waals surface area contributed by atoms with Crippen LogP contribution in [-0.4, -0.2) is 49.2 Å². The van der Waals surface area contributed by atoms with Gasteiger partial charge in [0.1, 0.15) is 11.6 Å². The minimum Gasteiger partial charge on any atom is -0.423 e. The second-order valence-corrected chi connectivity index (χ2v) is 9.31. The van der Waals surface area contributed by atoms with Crippen LogP contribution in [0.2, 0.25) is 0 Å². The van der Waals surface area contributed by atoms with Crippen molar-refractivity contribution in [3.05, 3.63) is 127 Å². The normalized spacial score (nSPS) is 9.32. The quantitative estimate of drug-likeness (QED) is 0.189. The number of halogens is 2. The molecule has 0 radical (unpaired) electrons. The van der Waals surface area contributed by atoms with Gasteiger partial charge in [0, 0.05) is 40.3 Å². The minimum atomic E-state index is -1.63. The van der Waals surface area contributed by atoms with Gasteiger partial charge < -0.3 is 25.2 Å². The fraction of sp³-hybridized carbons (Fsp3) is 0.250. The van der Waals surface area contributed by atoms with E-state index in [-0.39, 0.29) is 46.6 Å². The average molecular weight is 656 g/mol. The molecule has 0 fully saturated rings. The molecule has 4 aromatic rings. The zero-order chi connectivity index (χ0) is 36.1.